The fraction of sp³-hybridized carbons (Fsp3) is 0.120. The Balaban J connectivity index is 1.54. The molecule has 0 radical (unpaired) electrons. The highest BCUT2D eigenvalue weighted by atomic mass is 16.3. The molecule has 0 aliphatic heterocycles. The van der Waals surface area contributed by atoms with Gasteiger partial charge in [0.15, 0.2) is 5.78 Å². The van der Waals surface area contributed by atoms with Crippen molar-refractivity contribution in [2.24, 2.45) is 5.11 Å². The SMILES string of the molecule is Cc1ccc(CC(=O)c2ccc(N=[N+]=[N-])cc2O)cc1Cc1nccc(-c2cccnc2)n1. The number of hydrogen-bond donors (Lipinski definition) is 1. The first-order valence-electron chi connectivity index (χ1n) is 10.3. The van der Waals surface area contributed by atoms with Crippen LogP contribution in [0.5, 0.6) is 5.75 Å². The number of phenolic OH excluding ortho intramolecular Hbond substituents is 1. The van der Waals surface area contributed by atoms with Crippen LogP contribution < -0.4 is 0 Å². The standard InChI is InChI=1S/C25H20N6O2/c1-16-4-5-17(12-23(32)21-7-6-20(30-31-26)14-24(21)33)11-19(16)13-25-28-10-8-22(29-25)18-3-2-9-27-15-18/h2-11,14-15,33H,12-13H2,1H3. The second kappa shape index (κ2) is 9.72. The number of rotatable bonds is 7. The van der Waals surface area contributed by atoms with Crippen LogP contribution in [0.15, 0.2) is 78.3 Å². The van der Waals surface area contributed by atoms with Gasteiger partial charge in [-0.05, 0) is 59.5 Å². The summed E-state index contributed by atoms with van der Waals surface area (Å²) in [6, 6.07) is 15.7. The van der Waals surface area contributed by atoms with Crippen LogP contribution in [0.1, 0.15) is 32.9 Å². The van der Waals surface area contributed by atoms with E-state index in [1.807, 2.05) is 43.3 Å². The van der Waals surface area contributed by atoms with Gasteiger partial charge in [-0.25, -0.2) is 9.97 Å². The number of aromatic hydroxyl groups is 1. The van der Waals surface area contributed by atoms with Gasteiger partial charge < -0.3 is 5.11 Å². The number of phenols is 1. The lowest BCUT2D eigenvalue weighted by molar-refractivity contribution is 0.0990. The number of pyridine rings is 1. The van der Waals surface area contributed by atoms with E-state index in [0.29, 0.717) is 12.2 Å². The van der Waals surface area contributed by atoms with Crippen LogP contribution in [0.3, 0.4) is 0 Å². The summed E-state index contributed by atoms with van der Waals surface area (Å²) in [5, 5.41) is 13.6. The molecule has 33 heavy (non-hydrogen) atoms. The Hall–Kier alpha value is -4.55. The summed E-state index contributed by atoms with van der Waals surface area (Å²) in [6.45, 7) is 2.01. The number of hydrogen-bond acceptors (Lipinski definition) is 6. The maximum Gasteiger partial charge on any atom is 0.170 e. The summed E-state index contributed by atoms with van der Waals surface area (Å²) in [5.41, 5.74) is 13.6. The molecule has 0 saturated carbocycles. The third-order valence-electron chi connectivity index (χ3n) is 5.23. The zero-order chi connectivity index (χ0) is 23.2. The molecule has 2 aromatic heterocycles. The molecule has 2 aromatic carbocycles. The number of ketones is 1. The van der Waals surface area contributed by atoms with Crippen molar-refractivity contribution in [3.8, 4) is 17.0 Å². The van der Waals surface area contributed by atoms with Crippen LogP contribution in [0.25, 0.3) is 21.7 Å². The summed E-state index contributed by atoms with van der Waals surface area (Å²) >= 11 is 0. The van der Waals surface area contributed by atoms with Crippen molar-refractivity contribution in [2.45, 2.75) is 19.8 Å². The number of azide groups is 1. The van der Waals surface area contributed by atoms with Crippen LogP contribution in [-0.4, -0.2) is 25.8 Å². The van der Waals surface area contributed by atoms with Crippen molar-refractivity contribution in [3.63, 3.8) is 0 Å². The molecule has 1 N–H and O–H groups in total. The monoisotopic (exact) mass is 436 g/mol. The third kappa shape index (κ3) is 5.20. The van der Waals surface area contributed by atoms with E-state index in [1.165, 1.54) is 18.2 Å². The van der Waals surface area contributed by atoms with Gasteiger partial charge in [-0.3, -0.25) is 9.78 Å². The molecule has 0 spiro atoms. The summed E-state index contributed by atoms with van der Waals surface area (Å²) < 4.78 is 0. The van der Waals surface area contributed by atoms with E-state index in [2.05, 4.69) is 25.0 Å². The maximum absolute atomic E-state index is 12.8. The number of carbonyl (C=O) groups excluding carboxylic acids is 1. The van der Waals surface area contributed by atoms with Crippen LogP contribution in [0.2, 0.25) is 0 Å². The van der Waals surface area contributed by atoms with Crippen molar-refractivity contribution in [1.29, 1.82) is 0 Å². The highest BCUT2D eigenvalue weighted by molar-refractivity contribution is 6.00. The van der Waals surface area contributed by atoms with Crippen molar-refractivity contribution in [2.75, 3.05) is 0 Å². The first kappa shape index (κ1) is 21.7. The lowest BCUT2D eigenvalue weighted by atomic mass is 9.97. The Bertz CT molecular complexity index is 1360. The Kier molecular flexibility index (Phi) is 6.38. The van der Waals surface area contributed by atoms with Crippen LogP contribution in [0.4, 0.5) is 5.69 Å². The minimum absolute atomic E-state index is 0.123. The summed E-state index contributed by atoms with van der Waals surface area (Å²) in [6.07, 6.45) is 5.86. The van der Waals surface area contributed by atoms with Gasteiger partial charge in [-0.2, -0.15) is 0 Å². The van der Waals surface area contributed by atoms with Gasteiger partial charge in [-0.15, -0.1) is 0 Å². The lowest BCUT2D eigenvalue weighted by Gasteiger charge is -2.10. The Labute approximate surface area is 190 Å². The fourth-order valence-electron chi connectivity index (χ4n) is 3.51. The molecule has 0 unspecified atom stereocenters. The molecular formula is C25H20N6O2. The Morgan fingerprint density at radius 2 is 2.00 bits per heavy atom. The predicted octanol–water partition coefficient (Wildman–Crippen LogP) is 5.51. The van der Waals surface area contributed by atoms with Crippen molar-refractivity contribution >= 4 is 11.5 Å². The molecule has 8 heteroatoms. The van der Waals surface area contributed by atoms with Crippen molar-refractivity contribution in [3.05, 3.63) is 112 Å². The summed E-state index contributed by atoms with van der Waals surface area (Å²) in [5.74, 6) is 0.233. The molecule has 0 aliphatic carbocycles. The summed E-state index contributed by atoms with van der Waals surface area (Å²) in [7, 11) is 0. The molecule has 162 valence electrons. The minimum Gasteiger partial charge on any atom is -0.507 e. The molecule has 4 aromatic rings. The molecule has 2 heterocycles. The number of nitrogens with zero attached hydrogens (tertiary/aromatic N) is 6. The van der Waals surface area contributed by atoms with E-state index in [0.717, 1.165) is 27.9 Å². The molecular weight excluding hydrogens is 416 g/mol. The zero-order valence-corrected chi connectivity index (χ0v) is 17.9. The zero-order valence-electron chi connectivity index (χ0n) is 17.9. The van der Waals surface area contributed by atoms with Crippen LogP contribution in [-0.2, 0) is 12.8 Å². The molecule has 0 saturated heterocycles. The van der Waals surface area contributed by atoms with Crippen molar-refractivity contribution in [1.82, 2.24) is 15.0 Å². The van der Waals surface area contributed by atoms with Gasteiger partial charge >= 0.3 is 0 Å². The van der Waals surface area contributed by atoms with Gasteiger partial charge in [-0.1, -0.05) is 29.4 Å². The largest absolute Gasteiger partial charge is 0.507 e. The number of aryl methyl sites for hydroxylation is 1. The quantitative estimate of drug-likeness (QED) is 0.177. The van der Waals surface area contributed by atoms with E-state index < -0.39 is 0 Å². The molecule has 0 atom stereocenters. The van der Waals surface area contributed by atoms with E-state index in [4.69, 9.17) is 5.53 Å². The average molecular weight is 436 g/mol. The van der Waals surface area contributed by atoms with Gasteiger partial charge in [0.2, 0.25) is 0 Å². The average Bonchev–Trinajstić information content (AvgIpc) is 2.82. The van der Waals surface area contributed by atoms with Gasteiger partial charge in [0.25, 0.3) is 0 Å². The second-order valence-electron chi connectivity index (χ2n) is 7.53. The molecule has 8 nitrogen and oxygen atoms in total. The third-order valence-corrected chi connectivity index (χ3v) is 5.23. The van der Waals surface area contributed by atoms with E-state index in [9.17, 15) is 9.90 Å². The lowest BCUT2D eigenvalue weighted by Crippen LogP contribution is -2.05. The number of benzene rings is 2. The number of Topliss-reactive ketones (excluding diaryl/α,β-unsaturated/α-hetero) is 1. The topological polar surface area (TPSA) is 125 Å². The molecule has 0 bridgehead atoms. The van der Waals surface area contributed by atoms with Crippen molar-refractivity contribution < 1.29 is 9.90 Å². The van der Waals surface area contributed by atoms with Gasteiger partial charge in [0.05, 0.1) is 11.3 Å². The first-order chi connectivity index (χ1) is 16.0. The normalized spacial score (nSPS) is 10.5. The van der Waals surface area contributed by atoms with E-state index in [1.54, 1.807) is 18.6 Å². The highest BCUT2D eigenvalue weighted by Gasteiger charge is 2.14. The van der Waals surface area contributed by atoms with Crippen LogP contribution in [0, 0.1) is 6.92 Å². The second-order valence-corrected chi connectivity index (χ2v) is 7.53. The minimum atomic E-state index is -0.232. The number of carbonyl (C=O) groups is 1. The van der Waals surface area contributed by atoms with Crippen LogP contribution >= 0.6 is 0 Å². The van der Waals surface area contributed by atoms with E-state index >= 15 is 0 Å². The fourth-order valence-corrected chi connectivity index (χ4v) is 3.51. The molecule has 0 fully saturated rings. The highest BCUT2D eigenvalue weighted by Crippen LogP contribution is 2.26. The van der Waals surface area contributed by atoms with Gasteiger partial charge in [0, 0.05) is 47.6 Å². The molecule has 0 aliphatic rings. The first-order valence-corrected chi connectivity index (χ1v) is 10.3. The molecule has 0 amide bonds. The predicted molar refractivity (Wildman–Crippen MR) is 124 cm³/mol. The molecule has 4 rings (SSSR count). The maximum atomic E-state index is 12.8. The number of aromatic nitrogens is 3. The smallest absolute Gasteiger partial charge is 0.170 e. The Morgan fingerprint density at radius 3 is 2.76 bits per heavy atom. The summed E-state index contributed by atoms with van der Waals surface area (Å²) in [4.78, 5) is 28.7. The Morgan fingerprint density at radius 1 is 1.12 bits per heavy atom. The van der Waals surface area contributed by atoms with E-state index in [-0.39, 0.29) is 29.2 Å². The van der Waals surface area contributed by atoms with Gasteiger partial charge in [0.1, 0.15) is 11.6 Å².